The maximum atomic E-state index is 12.7. The summed E-state index contributed by atoms with van der Waals surface area (Å²) >= 11 is 0. The molecule has 31 heavy (non-hydrogen) atoms. The Morgan fingerprint density at radius 3 is 2.74 bits per heavy atom. The number of rotatable bonds is 1. The molecule has 1 saturated heterocycles. The van der Waals surface area contributed by atoms with Crippen LogP contribution in [0.3, 0.4) is 0 Å². The first-order chi connectivity index (χ1) is 14.7. The summed E-state index contributed by atoms with van der Waals surface area (Å²) in [6.07, 6.45) is 0.480. The molecule has 2 aromatic rings. The average molecular weight is 431 g/mol. The molecular weight excluding hydrogens is 400 g/mol. The van der Waals surface area contributed by atoms with Crippen LogP contribution in [0.1, 0.15) is 39.7 Å². The molecule has 1 amide bonds. The van der Waals surface area contributed by atoms with E-state index in [4.69, 9.17) is 9.47 Å². The first-order valence-corrected chi connectivity index (χ1v) is 10.8. The van der Waals surface area contributed by atoms with E-state index in [2.05, 4.69) is 9.88 Å². The number of H-pyrrole nitrogens is 1. The molecule has 168 valence electrons. The van der Waals surface area contributed by atoms with E-state index in [1.54, 1.807) is 17.9 Å². The second-order valence-corrected chi connectivity index (χ2v) is 9.17. The van der Waals surface area contributed by atoms with Crippen LogP contribution in [0.15, 0.2) is 21.7 Å². The molecule has 1 aromatic heterocycles. The van der Waals surface area contributed by atoms with Crippen molar-refractivity contribution < 1.29 is 14.3 Å². The highest BCUT2D eigenvalue weighted by atomic mass is 16.6. The monoisotopic (exact) mass is 430 g/mol. The molecule has 0 aliphatic carbocycles. The lowest BCUT2D eigenvalue weighted by Crippen LogP contribution is -2.55. The van der Waals surface area contributed by atoms with Gasteiger partial charge in [-0.1, -0.05) is 0 Å². The van der Waals surface area contributed by atoms with E-state index in [0.717, 1.165) is 18.5 Å². The van der Waals surface area contributed by atoms with E-state index in [-0.39, 0.29) is 17.7 Å². The minimum atomic E-state index is -0.522. The molecule has 4 rings (SSSR count). The number of nitrogens with zero attached hydrogens (tertiary/aromatic N) is 3. The third kappa shape index (κ3) is 4.32. The summed E-state index contributed by atoms with van der Waals surface area (Å²) in [6, 6.07) is 3.74. The number of benzene rings is 1. The Balaban J connectivity index is 1.60. The van der Waals surface area contributed by atoms with Crippen LogP contribution in [-0.2, 0) is 17.8 Å². The standard InChI is InChI=1S/C22H30N4O5/c1-5-26-19(27)16-11-18-14(10-17(16)23-20(26)28)12-24-7-8-25(13-15(24)6-9-30-18)21(29)31-22(2,3)4/h10-11,15H,5-9,12-13H2,1-4H3,(H,23,28)/t15-/m1/s1. The number of aromatic nitrogens is 2. The van der Waals surface area contributed by atoms with Crippen LogP contribution >= 0.6 is 0 Å². The molecule has 9 heteroatoms. The van der Waals surface area contributed by atoms with Crippen molar-refractivity contribution in [2.45, 2.75) is 58.8 Å². The largest absolute Gasteiger partial charge is 0.493 e. The normalized spacial score (nSPS) is 19.7. The topological polar surface area (TPSA) is 96.9 Å². The molecule has 0 bridgehead atoms. The maximum absolute atomic E-state index is 12.7. The van der Waals surface area contributed by atoms with Gasteiger partial charge in [-0.15, -0.1) is 0 Å². The molecule has 1 atom stereocenters. The Bertz CT molecular complexity index is 1110. The van der Waals surface area contributed by atoms with Gasteiger partial charge in [0.2, 0.25) is 0 Å². The van der Waals surface area contributed by atoms with E-state index in [9.17, 15) is 14.4 Å². The van der Waals surface area contributed by atoms with E-state index >= 15 is 0 Å². The Hall–Kier alpha value is -2.81. The number of carbonyl (C=O) groups excluding carboxylic acids is 1. The maximum Gasteiger partial charge on any atom is 0.410 e. The number of nitrogens with one attached hydrogen (secondary N) is 1. The quantitative estimate of drug-likeness (QED) is 0.742. The molecule has 0 saturated carbocycles. The molecule has 9 nitrogen and oxygen atoms in total. The van der Waals surface area contributed by atoms with Crippen LogP contribution in [0.5, 0.6) is 5.75 Å². The molecule has 2 aliphatic rings. The van der Waals surface area contributed by atoms with E-state index < -0.39 is 11.3 Å². The van der Waals surface area contributed by atoms with Crippen molar-refractivity contribution in [1.82, 2.24) is 19.4 Å². The lowest BCUT2D eigenvalue weighted by Gasteiger charge is -2.42. The average Bonchev–Trinajstić information content (AvgIpc) is 2.67. The van der Waals surface area contributed by atoms with Crippen LogP contribution < -0.4 is 16.0 Å². The molecule has 1 N–H and O–H groups in total. The fourth-order valence-electron chi connectivity index (χ4n) is 4.26. The van der Waals surface area contributed by atoms with Crippen molar-refractivity contribution in [2.75, 3.05) is 26.2 Å². The minimum Gasteiger partial charge on any atom is -0.493 e. The van der Waals surface area contributed by atoms with Crippen LogP contribution in [-0.4, -0.2) is 63.3 Å². The molecule has 2 aliphatic heterocycles. The first-order valence-electron chi connectivity index (χ1n) is 10.8. The fraction of sp³-hybridized carbons (Fsp3) is 0.591. The lowest BCUT2D eigenvalue weighted by atomic mass is 10.0. The number of hydrogen-bond acceptors (Lipinski definition) is 6. The minimum absolute atomic E-state index is 0.150. The van der Waals surface area contributed by atoms with Crippen LogP contribution in [0.25, 0.3) is 10.9 Å². The predicted molar refractivity (Wildman–Crippen MR) is 117 cm³/mol. The molecular formula is C22H30N4O5. The number of aromatic amines is 1. The lowest BCUT2D eigenvalue weighted by molar-refractivity contribution is -0.00192. The van der Waals surface area contributed by atoms with Gasteiger partial charge in [-0.2, -0.15) is 0 Å². The zero-order chi connectivity index (χ0) is 22.3. The van der Waals surface area contributed by atoms with Crippen molar-refractivity contribution in [2.24, 2.45) is 0 Å². The Kier molecular flexibility index (Phi) is 5.55. The smallest absolute Gasteiger partial charge is 0.410 e. The summed E-state index contributed by atoms with van der Waals surface area (Å²) < 4.78 is 12.7. The van der Waals surface area contributed by atoms with Gasteiger partial charge < -0.3 is 19.4 Å². The van der Waals surface area contributed by atoms with Crippen molar-refractivity contribution in [3.05, 3.63) is 38.5 Å². The van der Waals surface area contributed by atoms with Gasteiger partial charge in [0.15, 0.2) is 0 Å². The van der Waals surface area contributed by atoms with E-state index in [0.29, 0.717) is 49.4 Å². The van der Waals surface area contributed by atoms with Gasteiger partial charge in [0.25, 0.3) is 5.56 Å². The van der Waals surface area contributed by atoms with Crippen molar-refractivity contribution in [3.8, 4) is 5.75 Å². The number of amides is 1. The van der Waals surface area contributed by atoms with Crippen LogP contribution in [0, 0.1) is 0 Å². The van der Waals surface area contributed by atoms with E-state index in [1.807, 2.05) is 26.8 Å². The van der Waals surface area contributed by atoms with Crippen LogP contribution in [0.2, 0.25) is 0 Å². The van der Waals surface area contributed by atoms with Crippen molar-refractivity contribution in [3.63, 3.8) is 0 Å². The van der Waals surface area contributed by atoms with E-state index in [1.165, 1.54) is 4.57 Å². The summed E-state index contributed by atoms with van der Waals surface area (Å²) in [5.41, 5.74) is 0.207. The summed E-state index contributed by atoms with van der Waals surface area (Å²) in [7, 11) is 0. The SMILES string of the molecule is CCn1c(=O)[nH]c2cc3c(cc2c1=O)OCC[C@@H]1CN(C(=O)OC(C)(C)C)CCN1C3. The Labute approximate surface area is 180 Å². The highest BCUT2D eigenvalue weighted by Crippen LogP contribution is 2.29. The number of piperazine rings is 1. The van der Waals surface area contributed by atoms with Gasteiger partial charge in [-0.3, -0.25) is 14.3 Å². The fourth-order valence-corrected chi connectivity index (χ4v) is 4.26. The van der Waals surface area contributed by atoms with Gasteiger partial charge >= 0.3 is 11.8 Å². The van der Waals surface area contributed by atoms with Crippen molar-refractivity contribution in [1.29, 1.82) is 0 Å². The van der Waals surface area contributed by atoms with Gasteiger partial charge in [0.05, 0.1) is 17.5 Å². The first kappa shape index (κ1) is 21.4. The number of carbonyl (C=O) groups is 1. The summed E-state index contributed by atoms with van der Waals surface area (Å²) in [6.45, 7) is 10.7. The number of fused-ring (bicyclic) bond motifs is 3. The molecule has 0 radical (unpaired) electrons. The highest BCUT2D eigenvalue weighted by Gasteiger charge is 2.33. The van der Waals surface area contributed by atoms with Gasteiger partial charge in [-0.25, -0.2) is 9.59 Å². The predicted octanol–water partition coefficient (Wildman–Crippen LogP) is 1.91. The molecule has 1 aromatic carbocycles. The highest BCUT2D eigenvalue weighted by molar-refractivity contribution is 5.80. The molecule has 3 heterocycles. The van der Waals surface area contributed by atoms with Gasteiger partial charge in [0, 0.05) is 44.3 Å². The molecule has 0 spiro atoms. The number of ether oxygens (including phenoxy) is 2. The third-order valence-corrected chi connectivity index (χ3v) is 5.82. The van der Waals surface area contributed by atoms with Crippen molar-refractivity contribution >= 4 is 17.0 Å². The summed E-state index contributed by atoms with van der Waals surface area (Å²) in [4.78, 5) is 44.3. The van der Waals surface area contributed by atoms with Gasteiger partial charge in [0.1, 0.15) is 11.4 Å². The Morgan fingerprint density at radius 2 is 2.03 bits per heavy atom. The Morgan fingerprint density at radius 1 is 1.26 bits per heavy atom. The molecule has 1 fully saturated rings. The van der Waals surface area contributed by atoms with Gasteiger partial charge in [-0.05, 0) is 46.2 Å². The summed E-state index contributed by atoms with van der Waals surface area (Å²) in [5.74, 6) is 0.673. The van der Waals surface area contributed by atoms with Crippen LogP contribution in [0.4, 0.5) is 4.79 Å². The second-order valence-electron chi connectivity index (χ2n) is 9.17. The summed E-state index contributed by atoms with van der Waals surface area (Å²) in [5, 5.41) is 0.451. The number of hydrogen-bond donors (Lipinski definition) is 1. The second kappa shape index (κ2) is 8.03. The zero-order valence-electron chi connectivity index (χ0n) is 18.6. The zero-order valence-corrected chi connectivity index (χ0v) is 18.6. The third-order valence-electron chi connectivity index (χ3n) is 5.82. The molecule has 0 unspecified atom stereocenters.